The van der Waals surface area contributed by atoms with Gasteiger partial charge in [0.1, 0.15) is 5.82 Å². The number of benzene rings is 1. The lowest BCUT2D eigenvalue weighted by molar-refractivity contribution is -0.116. The minimum Gasteiger partial charge on any atom is -0.399 e. The maximum Gasteiger partial charge on any atom is 0.225 e. The number of amides is 1. The Bertz CT molecular complexity index is 451. The second kappa shape index (κ2) is 7.81. The maximum absolute atomic E-state index is 13.5. The van der Waals surface area contributed by atoms with Gasteiger partial charge in [0.15, 0.2) is 0 Å². The van der Waals surface area contributed by atoms with E-state index in [9.17, 15) is 9.18 Å². The SMILES string of the molecule is CN(C)CCN(C)CCC(=O)Nc1cc(N)ccc1F. The van der Waals surface area contributed by atoms with Gasteiger partial charge in [-0.25, -0.2) is 4.39 Å². The highest BCUT2D eigenvalue weighted by atomic mass is 19.1. The topological polar surface area (TPSA) is 61.6 Å². The van der Waals surface area contributed by atoms with Gasteiger partial charge in [0.2, 0.25) is 5.91 Å². The molecule has 112 valence electrons. The Kier molecular flexibility index (Phi) is 6.41. The summed E-state index contributed by atoms with van der Waals surface area (Å²) in [6.07, 6.45) is 0.318. The average Bonchev–Trinajstić information content (AvgIpc) is 2.38. The molecule has 0 bridgehead atoms. The van der Waals surface area contributed by atoms with E-state index < -0.39 is 5.82 Å². The van der Waals surface area contributed by atoms with E-state index in [0.29, 0.717) is 18.7 Å². The lowest BCUT2D eigenvalue weighted by atomic mass is 10.2. The van der Waals surface area contributed by atoms with Gasteiger partial charge in [-0.15, -0.1) is 0 Å². The Balaban J connectivity index is 2.38. The zero-order valence-electron chi connectivity index (χ0n) is 12.3. The van der Waals surface area contributed by atoms with Gasteiger partial charge in [-0.05, 0) is 39.3 Å². The van der Waals surface area contributed by atoms with Crippen molar-refractivity contribution in [3.8, 4) is 0 Å². The lowest BCUT2D eigenvalue weighted by Crippen LogP contribution is -2.31. The minimum atomic E-state index is -0.478. The van der Waals surface area contributed by atoms with Crippen molar-refractivity contribution in [2.45, 2.75) is 6.42 Å². The predicted molar refractivity (Wildman–Crippen MR) is 80.1 cm³/mol. The summed E-state index contributed by atoms with van der Waals surface area (Å²) in [5, 5.41) is 2.54. The fourth-order valence-electron chi connectivity index (χ4n) is 1.63. The lowest BCUT2D eigenvalue weighted by Gasteiger charge is -2.19. The second-order valence-electron chi connectivity index (χ2n) is 5.14. The van der Waals surface area contributed by atoms with Crippen molar-refractivity contribution >= 4 is 17.3 Å². The van der Waals surface area contributed by atoms with E-state index in [-0.39, 0.29) is 11.6 Å². The molecule has 3 N–H and O–H groups in total. The fraction of sp³-hybridized carbons (Fsp3) is 0.500. The highest BCUT2D eigenvalue weighted by molar-refractivity contribution is 5.91. The fourth-order valence-corrected chi connectivity index (χ4v) is 1.63. The van der Waals surface area contributed by atoms with Gasteiger partial charge in [-0.1, -0.05) is 0 Å². The summed E-state index contributed by atoms with van der Waals surface area (Å²) >= 11 is 0. The van der Waals surface area contributed by atoms with E-state index in [1.165, 1.54) is 18.2 Å². The summed E-state index contributed by atoms with van der Waals surface area (Å²) in [5.41, 5.74) is 6.11. The Hall–Kier alpha value is -1.66. The van der Waals surface area contributed by atoms with Crippen molar-refractivity contribution < 1.29 is 9.18 Å². The van der Waals surface area contributed by atoms with Crippen LogP contribution in [0.15, 0.2) is 18.2 Å². The highest BCUT2D eigenvalue weighted by Crippen LogP contribution is 2.17. The van der Waals surface area contributed by atoms with Crippen molar-refractivity contribution in [1.82, 2.24) is 9.80 Å². The molecule has 0 atom stereocenters. The molecule has 0 aliphatic rings. The quantitative estimate of drug-likeness (QED) is 0.738. The van der Waals surface area contributed by atoms with Gasteiger partial charge < -0.3 is 20.9 Å². The maximum atomic E-state index is 13.5. The molecule has 6 heteroatoms. The van der Waals surface area contributed by atoms with E-state index in [0.717, 1.165) is 13.1 Å². The molecular formula is C14H23FN4O. The van der Waals surface area contributed by atoms with Gasteiger partial charge in [0.25, 0.3) is 0 Å². The molecule has 20 heavy (non-hydrogen) atoms. The van der Waals surface area contributed by atoms with Gasteiger partial charge in [-0.3, -0.25) is 4.79 Å². The molecule has 5 nitrogen and oxygen atoms in total. The molecule has 0 aliphatic carbocycles. The number of nitrogen functional groups attached to an aromatic ring is 1. The van der Waals surface area contributed by atoms with Crippen LogP contribution in [0.2, 0.25) is 0 Å². The molecule has 1 aromatic rings. The molecule has 1 amide bonds. The Morgan fingerprint density at radius 2 is 1.95 bits per heavy atom. The first-order valence-electron chi connectivity index (χ1n) is 6.56. The van der Waals surface area contributed by atoms with Crippen LogP contribution >= 0.6 is 0 Å². The monoisotopic (exact) mass is 282 g/mol. The Labute approximate surface area is 119 Å². The molecule has 1 rings (SSSR count). The largest absolute Gasteiger partial charge is 0.399 e. The number of hydrogen-bond acceptors (Lipinski definition) is 4. The summed E-state index contributed by atoms with van der Waals surface area (Å²) in [7, 11) is 5.96. The third kappa shape index (κ3) is 5.99. The third-order valence-corrected chi connectivity index (χ3v) is 2.91. The minimum absolute atomic E-state index is 0.131. The van der Waals surface area contributed by atoms with Gasteiger partial charge in [0, 0.05) is 31.7 Å². The first kappa shape index (κ1) is 16.4. The summed E-state index contributed by atoms with van der Waals surface area (Å²) in [4.78, 5) is 15.9. The van der Waals surface area contributed by atoms with Crippen molar-refractivity contribution in [3.63, 3.8) is 0 Å². The number of carbonyl (C=O) groups excluding carboxylic acids is 1. The Morgan fingerprint density at radius 1 is 1.25 bits per heavy atom. The molecule has 0 saturated carbocycles. The average molecular weight is 282 g/mol. The van der Waals surface area contributed by atoms with Crippen molar-refractivity contribution in [2.75, 3.05) is 51.8 Å². The van der Waals surface area contributed by atoms with Crippen LogP contribution in [-0.4, -0.2) is 56.5 Å². The van der Waals surface area contributed by atoms with Crippen molar-refractivity contribution in [2.24, 2.45) is 0 Å². The van der Waals surface area contributed by atoms with Crippen LogP contribution in [0.3, 0.4) is 0 Å². The van der Waals surface area contributed by atoms with E-state index in [1.807, 2.05) is 21.1 Å². The summed E-state index contributed by atoms with van der Waals surface area (Å²) < 4.78 is 13.5. The van der Waals surface area contributed by atoms with Gasteiger partial charge >= 0.3 is 0 Å². The summed E-state index contributed by atoms with van der Waals surface area (Å²) in [6, 6.07) is 4.12. The van der Waals surface area contributed by atoms with Crippen molar-refractivity contribution in [1.29, 1.82) is 0 Å². The van der Waals surface area contributed by atoms with Crippen LogP contribution in [0.5, 0.6) is 0 Å². The van der Waals surface area contributed by atoms with Gasteiger partial charge in [0.05, 0.1) is 5.69 Å². The molecule has 0 unspecified atom stereocenters. The van der Waals surface area contributed by atoms with Crippen LogP contribution in [0.25, 0.3) is 0 Å². The molecule has 0 heterocycles. The molecular weight excluding hydrogens is 259 g/mol. The zero-order valence-corrected chi connectivity index (χ0v) is 12.3. The molecule has 0 saturated heterocycles. The van der Waals surface area contributed by atoms with E-state index in [2.05, 4.69) is 15.1 Å². The normalized spacial score (nSPS) is 11.1. The summed E-state index contributed by atoms with van der Waals surface area (Å²) in [5.74, 6) is -0.695. The van der Waals surface area contributed by atoms with Gasteiger partial charge in [-0.2, -0.15) is 0 Å². The first-order valence-corrected chi connectivity index (χ1v) is 6.56. The van der Waals surface area contributed by atoms with E-state index >= 15 is 0 Å². The smallest absolute Gasteiger partial charge is 0.225 e. The molecule has 0 aromatic heterocycles. The number of anilines is 2. The number of halogens is 1. The Morgan fingerprint density at radius 3 is 2.60 bits per heavy atom. The predicted octanol–water partition coefficient (Wildman–Crippen LogP) is 1.23. The standard InChI is InChI=1S/C14H23FN4O/c1-18(2)8-9-19(3)7-6-14(20)17-13-10-11(16)4-5-12(13)15/h4-5,10H,6-9,16H2,1-3H3,(H,17,20). The van der Waals surface area contributed by atoms with Crippen LogP contribution in [0.1, 0.15) is 6.42 Å². The number of likely N-dealkylation sites (N-methyl/N-ethyl adjacent to an activating group) is 2. The zero-order chi connectivity index (χ0) is 15.1. The number of carbonyl (C=O) groups is 1. The number of nitrogens with two attached hydrogens (primary N) is 1. The van der Waals surface area contributed by atoms with Crippen LogP contribution in [0, 0.1) is 5.82 Å². The second-order valence-corrected chi connectivity index (χ2v) is 5.14. The highest BCUT2D eigenvalue weighted by Gasteiger charge is 2.08. The number of rotatable bonds is 7. The number of nitrogens with one attached hydrogen (secondary N) is 1. The third-order valence-electron chi connectivity index (χ3n) is 2.91. The van der Waals surface area contributed by atoms with Crippen LogP contribution in [0.4, 0.5) is 15.8 Å². The molecule has 1 aromatic carbocycles. The van der Waals surface area contributed by atoms with Crippen LogP contribution < -0.4 is 11.1 Å². The van der Waals surface area contributed by atoms with Crippen molar-refractivity contribution in [3.05, 3.63) is 24.0 Å². The number of hydrogen-bond donors (Lipinski definition) is 2. The van der Waals surface area contributed by atoms with E-state index in [1.54, 1.807) is 0 Å². The van der Waals surface area contributed by atoms with Crippen LogP contribution in [-0.2, 0) is 4.79 Å². The molecule has 0 radical (unpaired) electrons. The van der Waals surface area contributed by atoms with E-state index in [4.69, 9.17) is 5.73 Å². The molecule has 0 fully saturated rings. The molecule has 0 spiro atoms. The first-order chi connectivity index (χ1) is 9.38. The summed E-state index contributed by atoms with van der Waals surface area (Å²) in [6.45, 7) is 2.44. The molecule has 0 aliphatic heterocycles. The number of nitrogens with zero attached hydrogens (tertiary/aromatic N) is 2.